The van der Waals surface area contributed by atoms with Gasteiger partial charge in [0.2, 0.25) is 0 Å². The molecule has 0 saturated heterocycles. The van der Waals surface area contributed by atoms with Gasteiger partial charge in [-0.1, -0.05) is 93.9 Å². The fraction of sp³-hybridized carbons (Fsp3) is 1.00. The SMILES string of the molecule is CC(C)[C@@H](C)CCCC1(O)CCCC1.CCC(O)(CC)CCC[C@H](C)C(C)C. The third-order valence-electron chi connectivity index (χ3n) is 7.73. The van der Waals surface area contributed by atoms with Crippen molar-refractivity contribution in [3.05, 3.63) is 0 Å². The third kappa shape index (κ3) is 11.8. The second-order valence-electron chi connectivity index (χ2n) is 10.6. The molecule has 0 bridgehead atoms. The molecule has 2 atom stereocenters. The fourth-order valence-electron chi connectivity index (χ4n) is 4.06. The molecule has 2 heteroatoms. The molecule has 0 unspecified atom stereocenters. The van der Waals surface area contributed by atoms with Gasteiger partial charge in [-0.2, -0.15) is 0 Å². The van der Waals surface area contributed by atoms with E-state index in [1.165, 1.54) is 32.1 Å². The molecule has 0 aromatic carbocycles. The molecular weight excluding hydrogens is 344 g/mol. The maximum atomic E-state index is 10.1. The second-order valence-corrected chi connectivity index (χ2v) is 10.6. The van der Waals surface area contributed by atoms with E-state index in [2.05, 4.69) is 55.4 Å². The lowest BCUT2D eigenvalue weighted by atomic mass is 9.87. The molecule has 0 radical (unpaired) electrons. The van der Waals surface area contributed by atoms with Crippen molar-refractivity contribution in [1.29, 1.82) is 0 Å². The van der Waals surface area contributed by atoms with Gasteiger partial charge in [0.25, 0.3) is 0 Å². The molecule has 1 aliphatic carbocycles. The summed E-state index contributed by atoms with van der Waals surface area (Å²) in [5, 5.41) is 20.2. The van der Waals surface area contributed by atoms with Crippen molar-refractivity contribution in [2.75, 3.05) is 0 Å². The summed E-state index contributed by atoms with van der Waals surface area (Å²) in [6.07, 6.45) is 13.2. The second kappa shape index (κ2) is 14.0. The van der Waals surface area contributed by atoms with Crippen LogP contribution in [0.3, 0.4) is 0 Å². The van der Waals surface area contributed by atoms with Crippen LogP contribution < -0.4 is 0 Å². The normalized spacial score (nSPS) is 18.9. The first-order chi connectivity index (χ1) is 13.0. The maximum absolute atomic E-state index is 10.1. The highest BCUT2D eigenvalue weighted by molar-refractivity contribution is 4.84. The van der Waals surface area contributed by atoms with E-state index in [9.17, 15) is 10.2 Å². The zero-order valence-electron chi connectivity index (χ0n) is 20.7. The van der Waals surface area contributed by atoms with Crippen LogP contribution in [0, 0.1) is 23.7 Å². The topological polar surface area (TPSA) is 40.5 Å². The quantitative estimate of drug-likeness (QED) is 0.352. The molecule has 1 aliphatic rings. The van der Waals surface area contributed by atoms with E-state index < -0.39 is 5.60 Å². The first kappa shape index (κ1) is 27.9. The lowest BCUT2D eigenvalue weighted by Crippen LogP contribution is -2.26. The zero-order valence-corrected chi connectivity index (χ0v) is 20.7. The Morgan fingerprint density at radius 3 is 1.61 bits per heavy atom. The first-order valence-electron chi connectivity index (χ1n) is 12.4. The van der Waals surface area contributed by atoms with Gasteiger partial charge in [-0.05, 0) is 62.2 Å². The Labute approximate surface area is 177 Å². The van der Waals surface area contributed by atoms with Crippen LogP contribution in [0.4, 0.5) is 0 Å². The van der Waals surface area contributed by atoms with Crippen LogP contribution in [-0.4, -0.2) is 21.4 Å². The van der Waals surface area contributed by atoms with Crippen molar-refractivity contribution < 1.29 is 10.2 Å². The average molecular weight is 399 g/mol. The molecule has 1 rings (SSSR count). The Hall–Kier alpha value is -0.0800. The molecule has 0 aliphatic heterocycles. The van der Waals surface area contributed by atoms with E-state index in [0.717, 1.165) is 68.6 Å². The fourth-order valence-corrected chi connectivity index (χ4v) is 4.06. The summed E-state index contributed by atoms with van der Waals surface area (Å²) in [5.74, 6) is 3.15. The Morgan fingerprint density at radius 1 is 0.786 bits per heavy atom. The summed E-state index contributed by atoms with van der Waals surface area (Å²) in [6, 6.07) is 0. The van der Waals surface area contributed by atoms with E-state index in [1.54, 1.807) is 0 Å². The standard InChI is InChI=1S/C13H26O.C13H28O/c1-11(2)12(3)7-6-10-13(14)8-4-5-9-13;1-6-13(14,7-2)10-8-9-12(5)11(3)4/h11-12,14H,4-10H2,1-3H3;11-12,14H,6-10H2,1-5H3/t2*12-/m00/s1. The monoisotopic (exact) mass is 398 g/mol. The molecular formula is C26H54O2. The van der Waals surface area contributed by atoms with Crippen LogP contribution in [0.5, 0.6) is 0 Å². The first-order valence-corrected chi connectivity index (χ1v) is 12.4. The van der Waals surface area contributed by atoms with Gasteiger partial charge in [-0.15, -0.1) is 0 Å². The Kier molecular flexibility index (Phi) is 14.0. The van der Waals surface area contributed by atoms with Crippen LogP contribution in [0.15, 0.2) is 0 Å². The molecule has 170 valence electrons. The van der Waals surface area contributed by atoms with Crippen molar-refractivity contribution in [3.8, 4) is 0 Å². The van der Waals surface area contributed by atoms with Crippen molar-refractivity contribution in [1.82, 2.24) is 0 Å². The smallest absolute Gasteiger partial charge is 0.0647 e. The molecule has 0 aromatic heterocycles. The Balaban J connectivity index is 0.000000521. The van der Waals surface area contributed by atoms with Crippen LogP contribution in [-0.2, 0) is 0 Å². The van der Waals surface area contributed by atoms with Crippen molar-refractivity contribution >= 4 is 0 Å². The summed E-state index contributed by atoms with van der Waals surface area (Å²) in [5.41, 5.74) is -0.673. The lowest BCUT2D eigenvalue weighted by molar-refractivity contribution is 0.0199. The van der Waals surface area contributed by atoms with Gasteiger partial charge in [0.15, 0.2) is 0 Å². The van der Waals surface area contributed by atoms with Crippen LogP contribution in [0.25, 0.3) is 0 Å². The van der Waals surface area contributed by atoms with E-state index in [4.69, 9.17) is 0 Å². The maximum Gasteiger partial charge on any atom is 0.0647 e. The molecule has 1 saturated carbocycles. The highest BCUT2D eigenvalue weighted by Gasteiger charge is 2.30. The van der Waals surface area contributed by atoms with Gasteiger partial charge in [0, 0.05) is 0 Å². The van der Waals surface area contributed by atoms with Gasteiger partial charge in [0.1, 0.15) is 0 Å². The molecule has 2 N–H and O–H groups in total. The minimum atomic E-state index is -0.392. The number of hydrogen-bond acceptors (Lipinski definition) is 2. The summed E-state index contributed by atoms with van der Waals surface area (Å²) < 4.78 is 0. The third-order valence-corrected chi connectivity index (χ3v) is 7.73. The van der Waals surface area contributed by atoms with Gasteiger partial charge in [-0.25, -0.2) is 0 Å². The van der Waals surface area contributed by atoms with Gasteiger partial charge < -0.3 is 10.2 Å². The van der Waals surface area contributed by atoms with E-state index in [-0.39, 0.29) is 5.60 Å². The molecule has 2 nitrogen and oxygen atoms in total. The summed E-state index contributed by atoms with van der Waals surface area (Å²) in [6.45, 7) is 17.9. The Morgan fingerprint density at radius 2 is 1.21 bits per heavy atom. The predicted octanol–water partition coefficient (Wildman–Crippen LogP) is 7.75. The van der Waals surface area contributed by atoms with Crippen LogP contribution in [0.1, 0.15) is 132 Å². The molecule has 0 amide bonds. The predicted molar refractivity (Wildman–Crippen MR) is 125 cm³/mol. The van der Waals surface area contributed by atoms with Crippen molar-refractivity contribution in [2.45, 2.75) is 144 Å². The highest BCUT2D eigenvalue weighted by atomic mass is 16.3. The van der Waals surface area contributed by atoms with Gasteiger partial charge in [0.05, 0.1) is 11.2 Å². The van der Waals surface area contributed by atoms with Gasteiger partial charge >= 0.3 is 0 Å². The molecule has 1 fully saturated rings. The summed E-state index contributed by atoms with van der Waals surface area (Å²) in [7, 11) is 0. The van der Waals surface area contributed by atoms with Crippen LogP contribution in [0.2, 0.25) is 0 Å². The largest absolute Gasteiger partial charge is 0.390 e. The average Bonchev–Trinajstić information content (AvgIpc) is 3.08. The van der Waals surface area contributed by atoms with Gasteiger partial charge in [-0.3, -0.25) is 0 Å². The molecule has 0 spiro atoms. The number of aliphatic hydroxyl groups is 2. The number of rotatable bonds is 12. The Bertz CT molecular complexity index is 345. The zero-order chi connectivity index (χ0) is 21.8. The molecule has 0 heterocycles. The van der Waals surface area contributed by atoms with Crippen LogP contribution >= 0.6 is 0 Å². The van der Waals surface area contributed by atoms with E-state index in [0.29, 0.717) is 0 Å². The molecule has 28 heavy (non-hydrogen) atoms. The summed E-state index contributed by atoms with van der Waals surface area (Å²) in [4.78, 5) is 0. The van der Waals surface area contributed by atoms with Crippen molar-refractivity contribution in [3.63, 3.8) is 0 Å². The minimum Gasteiger partial charge on any atom is -0.390 e. The lowest BCUT2D eigenvalue weighted by Gasteiger charge is -2.26. The minimum absolute atomic E-state index is 0.281. The van der Waals surface area contributed by atoms with E-state index in [1.807, 2.05) is 0 Å². The van der Waals surface area contributed by atoms with E-state index >= 15 is 0 Å². The summed E-state index contributed by atoms with van der Waals surface area (Å²) >= 11 is 0. The number of hydrogen-bond donors (Lipinski definition) is 2. The van der Waals surface area contributed by atoms with Crippen molar-refractivity contribution in [2.24, 2.45) is 23.7 Å². The highest BCUT2D eigenvalue weighted by Crippen LogP contribution is 2.34. The molecule has 0 aromatic rings.